The molecule has 1 atom stereocenters. The van der Waals surface area contributed by atoms with Gasteiger partial charge in [0.25, 0.3) is 0 Å². The van der Waals surface area contributed by atoms with Crippen molar-refractivity contribution in [2.75, 3.05) is 20.1 Å². The van der Waals surface area contributed by atoms with E-state index >= 15 is 0 Å². The van der Waals surface area contributed by atoms with Crippen LogP contribution in [0.2, 0.25) is 0 Å². The summed E-state index contributed by atoms with van der Waals surface area (Å²) in [5.41, 5.74) is 0. The Morgan fingerprint density at radius 1 is 1.22 bits per heavy atom. The molecule has 0 heterocycles. The lowest BCUT2D eigenvalue weighted by molar-refractivity contribution is -0.137. The smallest absolute Gasteiger partial charge is 0.317 e. The number of aliphatic carboxylic acids is 1. The Labute approximate surface area is 110 Å². The van der Waals surface area contributed by atoms with Gasteiger partial charge in [-0.25, -0.2) is 4.79 Å². The van der Waals surface area contributed by atoms with Crippen LogP contribution >= 0.6 is 0 Å². The maximum absolute atomic E-state index is 11.5. The molecule has 0 spiro atoms. The Morgan fingerprint density at radius 2 is 1.89 bits per heavy atom. The van der Waals surface area contributed by atoms with E-state index in [1.54, 1.807) is 11.9 Å². The molecule has 0 radical (unpaired) electrons. The van der Waals surface area contributed by atoms with E-state index in [-0.39, 0.29) is 12.5 Å². The van der Waals surface area contributed by atoms with Crippen molar-refractivity contribution in [1.29, 1.82) is 0 Å². The monoisotopic (exact) mass is 258 g/mol. The predicted octanol–water partition coefficient (Wildman–Crippen LogP) is 2.32. The number of urea groups is 1. The van der Waals surface area contributed by atoms with Crippen molar-refractivity contribution in [2.45, 2.75) is 46.0 Å². The molecular weight excluding hydrogens is 232 g/mol. The second-order valence-corrected chi connectivity index (χ2v) is 4.62. The molecule has 0 aromatic heterocycles. The first kappa shape index (κ1) is 16.7. The van der Waals surface area contributed by atoms with Crippen molar-refractivity contribution in [3.8, 4) is 0 Å². The standard InChI is InChI=1S/C13H26N2O3/c1-4-6-11(7-8-12(16)17)9-10-14-13(18)15(3)5-2/h11H,4-10H2,1-3H3,(H,14,18)(H,16,17). The molecule has 0 fully saturated rings. The van der Waals surface area contributed by atoms with Crippen molar-refractivity contribution in [3.63, 3.8) is 0 Å². The summed E-state index contributed by atoms with van der Waals surface area (Å²) >= 11 is 0. The summed E-state index contributed by atoms with van der Waals surface area (Å²) in [6.45, 7) is 5.32. The number of hydrogen-bond donors (Lipinski definition) is 2. The fourth-order valence-corrected chi connectivity index (χ4v) is 1.83. The first-order valence-corrected chi connectivity index (χ1v) is 6.71. The maximum atomic E-state index is 11.5. The molecule has 18 heavy (non-hydrogen) atoms. The average molecular weight is 258 g/mol. The van der Waals surface area contributed by atoms with Crippen molar-refractivity contribution in [1.82, 2.24) is 10.2 Å². The van der Waals surface area contributed by atoms with Gasteiger partial charge in [-0.2, -0.15) is 0 Å². The fourth-order valence-electron chi connectivity index (χ4n) is 1.83. The second kappa shape index (κ2) is 9.74. The largest absolute Gasteiger partial charge is 0.481 e. The van der Waals surface area contributed by atoms with Gasteiger partial charge < -0.3 is 15.3 Å². The molecule has 0 aliphatic carbocycles. The van der Waals surface area contributed by atoms with Crippen LogP contribution in [0.5, 0.6) is 0 Å². The number of hydrogen-bond acceptors (Lipinski definition) is 2. The lowest BCUT2D eigenvalue weighted by Gasteiger charge is -2.18. The van der Waals surface area contributed by atoms with Gasteiger partial charge in [0.1, 0.15) is 0 Å². The van der Waals surface area contributed by atoms with Crippen LogP contribution in [0.25, 0.3) is 0 Å². The summed E-state index contributed by atoms with van der Waals surface area (Å²) in [7, 11) is 1.75. The van der Waals surface area contributed by atoms with Crippen molar-refractivity contribution in [2.24, 2.45) is 5.92 Å². The lowest BCUT2D eigenvalue weighted by atomic mass is 9.94. The van der Waals surface area contributed by atoms with E-state index in [0.29, 0.717) is 25.4 Å². The average Bonchev–Trinajstić information content (AvgIpc) is 2.34. The van der Waals surface area contributed by atoms with Crippen LogP contribution in [0.1, 0.15) is 46.0 Å². The number of carbonyl (C=O) groups is 2. The molecule has 1 unspecified atom stereocenters. The molecule has 0 aromatic carbocycles. The number of nitrogens with one attached hydrogen (secondary N) is 1. The van der Waals surface area contributed by atoms with E-state index < -0.39 is 5.97 Å². The van der Waals surface area contributed by atoms with Crippen molar-refractivity contribution >= 4 is 12.0 Å². The highest BCUT2D eigenvalue weighted by Crippen LogP contribution is 2.17. The van der Waals surface area contributed by atoms with E-state index in [4.69, 9.17) is 5.11 Å². The second-order valence-electron chi connectivity index (χ2n) is 4.62. The zero-order chi connectivity index (χ0) is 14.0. The highest BCUT2D eigenvalue weighted by Gasteiger charge is 2.11. The number of carbonyl (C=O) groups excluding carboxylic acids is 1. The number of amides is 2. The Bertz CT molecular complexity index is 257. The third-order valence-electron chi connectivity index (χ3n) is 3.11. The van der Waals surface area contributed by atoms with E-state index in [1.165, 1.54) is 0 Å². The van der Waals surface area contributed by atoms with Crippen LogP contribution in [-0.4, -0.2) is 42.1 Å². The molecule has 0 rings (SSSR count). The van der Waals surface area contributed by atoms with Crippen LogP contribution < -0.4 is 5.32 Å². The number of carboxylic acids is 1. The highest BCUT2D eigenvalue weighted by atomic mass is 16.4. The Kier molecular flexibility index (Phi) is 9.06. The van der Waals surface area contributed by atoms with E-state index in [9.17, 15) is 9.59 Å². The summed E-state index contributed by atoms with van der Waals surface area (Å²) in [5.74, 6) is -0.357. The van der Waals surface area contributed by atoms with Crippen molar-refractivity contribution < 1.29 is 14.7 Å². The minimum Gasteiger partial charge on any atom is -0.481 e. The number of nitrogens with zero attached hydrogens (tertiary/aromatic N) is 1. The zero-order valence-electron chi connectivity index (χ0n) is 11.7. The van der Waals surface area contributed by atoms with Gasteiger partial charge in [-0.1, -0.05) is 19.8 Å². The van der Waals surface area contributed by atoms with Crippen LogP contribution in [-0.2, 0) is 4.79 Å². The van der Waals surface area contributed by atoms with Gasteiger partial charge in [0.15, 0.2) is 0 Å². The number of carboxylic acid groups (broad SMARTS) is 1. The fraction of sp³-hybridized carbons (Fsp3) is 0.846. The molecule has 2 amide bonds. The topological polar surface area (TPSA) is 69.6 Å². The van der Waals surface area contributed by atoms with Crippen LogP contribution in [0, 0.1) is 5.92 Å². The van der Waals surface area contributed by atoms with Gasteiger partial charge in [0.05, 0.1) is 0 Å². The molecule has 0 bridgehead atoms. The Morgan fingerprint density at radius 3 is 2.39 bits per heavy atom. The summed E-state index contributed by atoms with van der Waals surface area (Å²) in [6, 6.07) is -0.0639. The van der Waals surface area contributed by atoms with Gasteiger partial charge >= 0.3 is 12.0 Å². The van der Waals surface area contributed by atoms with Crippen LogP contribution in [0.4, 0.5) is 4.79 Å². The first-order valence-electron chi connectivity index (χ1n) is 6.71. The molecule has 0 saturated carbocycles. The molecule has 0 saturated heterocycles. The van der Waals surface area contributed by atoms with Crippen LogP contribution in [0.3, 0.4) is 0 Å². The van der Waals surface area contributed by atoms with Gasteiger partial charge in [-0.3, -0.25) is 4.79 Å². The van der Waals surface area contributed by atoms with Gasteiger partial charge in [0.2, 0.25) is 0 Å². The van der Waals surface area contributed by atoms with E-state index in [2.05, 4.69) is 12.2 Å². The zero-order valence-corrected chi connectivity index (χ0v) is 11.7. The first-order chi connectivity index (χ1) is 8.51. The normalized spacial score (nSPS) is 11.9. The van der Waals surface area contributed by atoms with Crippen LogP contribution in [0.15, 0.2) is 0 Å². The highest BCUT2D eigenvalue weighted by molar-refractivity contribution is 5.73. The third-order valence-corrected chi connectivity index (χ3v) is 3.11. The molecular formula is C13H26N2O3. The molecule has 5 heteroatoms. The minimum atomic E-state index is -0.745. The summed E-state index contributed by atoms with van der Waals surface area (Å²) in [5, 5.41) is 11.5. The summed E-state index contributed by atoms with van der Waals surface area (Å²) in [4.78, 5) is 23.7. The third kappa shape index (κ3) is 7.92. The summed E-state index contributed by atoms with van der Waals surface area (Å²) < 4.78 is 0. The predicted molar refractivity (Wildman–Crippen MR) is 71.6 cm³/mol. The van der Waals surface area contributed by atoms with Gasteiger partial charge in [-0.15, -0.1) is 0 Å². The number of rotatable bonds is 9. The molecule has 0 aliphatic rings. The van der Waals surface area contributed by atoms with E-state index in [1.807, 2.05) is 6.92 Å². The maximum Gasteiger partial charge on any atom is 0.317 e. The van der Waals surface area contributed by atoms with Crippen molar-refractivity contribution in [3.05, 3.63) is 0 Å². The summed E-state index contributed by atoms with van der Waals surface area (Å²) in [6.07, 6.45) is 3.83. The van der Waals surface area contributed by atoms with E-state index in [0.717, 1.165) is 19.3 Å². The molecule has 106 valence electrons. The Hall–Kier alpha value is -1.26. The molecule has 0 aromatic rings. The SMILES string of the molecule is CCCC(CCNC(=O)N(C)CC)CCC(=O)O. The quantitative estimate of drug-likeness (QED) is 0.667. The minimum absolute atomic E-state index is 0.0639. The molecule has 2 N–H and O–H groups in total. The molecule has 0 aliphatic heterocycles. The van der Waals surface area contributed by atoms with Gasteiger partial charge in [0, 0.05) is 26.6 Å². The lowest BCUT2D eigenvalue weighted by Crippen LogP contribution is -2.37. The molecule has 5 nitrogen and oxygen atoms in total. The van der Waals surface area contributed by atoms with Gasteiger partial charge in [-0.05, 0) is 25.7 Å². The Balaban J connectivity index is 3.88.